The molecule has 0 aliphatic carbocycles. The molecule has 3 heteroatoms. The first-order chi connectivity index (χ1) is 7.18. The molecule has 2 aliphatic rings. The number of hydrogen-bond acceptors (Lipinski definition) is 3. The highest BCUT2D eigenvalue weighted by Gasteiger charge is 2.33. The number of likely N-dealkylation sites (tertiary alicyclic amines) is 1. The summed E-state index contributed by atoms with van der Waals surface area (Å²) in [7, 11) is 0. The molecule has 2 heterocycles. The molecule has 2 nitrogen and oxygen atoms in total. The number of rotatable bonds is 1. The van der Waals surface area contributed by atoms with Crippen LogP contribution < -0.4 is 5.73 Å². The lowest BCUT2D eigenvalue weighted by Crippen LogP contribution is -2.53. The molecule has 0 aromatic rings. The van der Waals surface area contributed by atoms with E-state index in [-0.39, 0.29) is 0 Å². The van der Waals surface area contributed by atoms with Gasteiger partial charge in [-0.05, 0) is 38.4 Å². The first-order valence-corrected chi connectivity index (χ1v) is 7.36. The van der Waals surface area contributed by atoms with E-state index in [9.17, 15) is 0 Å². The lowest BCUT2D eigenvalue weighted by atomic mass is 9.94. The largest absolute Gasteiger partial charge is 0.328 e. The molecule has 0 saturated carbocycles. The third-order valence-corrected chi connectivity index (χ3v) is 5.33. The zero-order valence-corrected chi connectivity index (χ0v) is 10.8. The van der Waals surface area contributed by atoms with Gasteiger partial charge in [0.2, 0.25) is 0 Å². The van der Waals surface area contributed by atoms with E-state index in [2.05, 4.69) is 30.5 Å². The lowest BCUT2D eigenvalue weighted by molar-refractivity contribution is 0.0889. The van der Waals surface area contributed by atoms with Crippen LogP contribution in [0, 0.1) is 0 Å². The molecule has 0 aromatic heterocycles. The SMILES string of the molecule is CC1SCCCC1N1CCC(N)CC1C. The Hall–Kier alpha value is 0.270. The van der Waals surface area contributed by atoms with E-state index in [1.165, 1.54) is 38.0 Å². The minimum Gasteiger partial charge on any atom is -0.328 e. The highest BCUT2D eigenvalue weighted by atomic mass is 32.2. The van der Waals surface area contributed by atoms with Crippen molar-refractivity contribution in [2.24, 2.45) is 5.73 Å². The minimum atomic E-state index is 0.447. The monoisotopic (exact) mass is 228 g/mol. The van der Waals surface area contributed by atoms with Crippen molar-refractivity contribution in [3.63, 3.8) is 0 Å². The second-order valence-corrected chi connectivity index (χ2v) is 6.64. The van der Waals surface area contributed by atoms with Crippen LogP contribution in [0.4, 0.5) is 0 Å². The fourth-order valence-corrected chi connectivity index (χ4v) is 4.28. The summed E-state index contributed by atoms with van der Waals surface area (Å²) in [6, 6.07) is 1.95. The second-order valence-electron chi connectivity index (χ2n) is 5.16. The number of nitrogens with zero attached hydrogens (tertiary/aromatic N) is 1. The van der Waals surface area contributed by atoms with Gasteiger partial charge < -0.3 is 5.73 Å². The maximum atomic E-state index is 6.02. The molecular formula is C12H24N2S. The molecule has 2 N–H and O–H groups in total. The Morgan fingerprint density at radius 3 is 2.73 bits per heavy atom. The summed E-state index contributed by atoms with van der Waals surface area (Å²) in [5, 5.41) is 0.815. The summed E-state index contributed by atoms with van der Waals surface area (Å²) < 4.78 is 0. The topological polar surface area (TPSA) is 29.3 Å². The Morgan fingerprint density at radius 2 is 2.07 bits per heavy atom. The van der Waals surface area contributed by atoms with E-state index < -0.39 is 0 Å². The van der Waals surface area contributed by atoms with Crippen LogP contribution in [-0.4, -0.2) is 40.6 Å². The van der Waals surface area contributed by atoms with Crippen LogP contribution in [0.2, 0.25) is 0 Å². The fourth-order valence-electron chi connectivity index (χ4n) is 3.06. The van der Waals surface area contributed by atoms with Crippen molar-refractivity contribution in [3.05, 3.63) is 0 Å². The molecule has 0 aromatic carbocycles. The van der Waals surface area contributed by atoms with Gasteiger partial charge in [-0.15, -0.1) is 0 Å². The fraction of sp³-hybridized carbons (Fsp3) is 1.00. The van der Waals surface area contributed by atoms with E-state index in [1.807, 2.05) is 0 Å². The van der Waals surface area contributed by atoms with Crippen LogP contribution in [0.3, 0.4) is 0 Å². The number of thioether (sulfide) groups is 1. The van der Waals surface area contributed by atoms with Crippen LogP contribution in [0.25, 0.3) is 0 Å². The van der Waals surface area contributed by atoms with E-state index in [0.717, 1.165) is 11.3 Å². The molecule has 4 atom stereocenters. The maximum absolute atomic E-state index is 6.02. The molecule has 2 fully saturated rings. The van der Waals surface area contributed by atoms with Gasteiger partial charge in [-0.1, -0.05) is 6.92 Å². The maximum Gasteiger partial charge on any atom is 0.0215 e. The molecule has 15 heavy (non-hydrogen) atoms. The van der Waals surface area contributed by atoms with Crippen LogP contribution in [0.15, 0.2) is 0 Å². The van der Waals surface area contributed by atoms with E-state index >= 15 is 0 Å². The first kappa shape index (κ1) is 11.7. The van der Waals surface area contributed by atoms with Crippen molar-refractivity contribution in [1.82, 2.24) is 4.90 Å². The third-order valence-electron chi connectivity index (χ3n) is 3.96. The zero-order valence-electron chi connectivity index (χ0n) is 9.98. The normalized spacial score (nSPS) is 44.2. The van der Waals surface area contributed by atoms with Crippen molar-refractivity contribution >= 4 is 11.8 Å². The standard InChI is InChI=1S/C12H24N2S/c1-9-8-11(13)5-6-14(9)12-4-3-7-15-10(12)2/h9-12H,3-8,13H2,1-2H3. The molecule has 2 aliphatic heterocycles. The summed E-state index contributed by atoms with van der Waals surface area (Å²) in [6.07, 6.45) is 5.18. The van der Waals surface area contributed by atoms with Gasteiger partial charge in [-0.3, -0.25) is 4.90 Å². The summed E-state index contributed by atoms with van der Waals surface area (Å²) in [5.74, 6) is 1.36. The summed E-state index contributed by atoms with van der Waals surface area (Å²) in [4.78, 5) is 2.72. The Bertz CT molecular complexity index is 210. The van der Waals surface area contributed by atoms with Crippen molar-refractivity contribution in [2.75, 3.05) is 12.3 Å². The molecule has 0 radical (unpaired) electrons. The quantitative estimate of drug-likeness (QED) is 0.745. The predicted octanol–water partition coefficient (Wildman–Crippen LogP) is 2.08. The highest BCUT2D eigenvalue weighted by molar-refractivity contribution is 7.99. The predicted molar refractivity (Wildman–Crippen MR) is 68.3 cm³/mol. The highest BCUT2D eigenvalue weighted by Crippen LogP contribution is 2.32. The van der Waals surface area contributed by atoms with Gasteiger partial charge in [0.25, 0.3) is 0 Å². The molecule has 2 rings (SSSR count). The van der Waals surface area contributed by atoms with Crippen LogP contribution in [0.1, 0.15) is 39.5 Å². The Labute approximate surface area is 98.0 Å². The van der Waals surface area contributed by atoms with Crippen molar-refractivity contribution in [2.45, 2.75) is 62.9 Å². The average Bonchev–Trinajstić information content (AvgIpc) is 2.20. The molecule has 2 saturated heterocycles. The molecular weight excluding hydrogens is 204 g/mol. The lowest BCUT2D eigenvalue weighted by Gasteiger charge is -2.45. The van der Waals surface area contributed by atoms with E-state index in [1.54, 1.807) is 0 Å². The van der Waals surface area contributed by atoms with Crippen molar-refractivity contribution in [3.8, 4) is 0 Å². The van der Waals surface area contributed by atoms with E-state index in [0.29, 0.717) is 12.1 Å². The first-order valence-electron chi connectivity index (χ1n) is 6.31. The molecule has 0 amide bonds. The summed E-state index contributed by atoms with van der Waals surface area (Å²) in [5.41, 5.74) is 6.02. The van der Waals surface area contributed by atoms with Crippen LogP contribution >= 0.6 is 11.8 Å². The Kier molecular flexibility index (Phi) is 3.97. The minimum absolute atomic E-state index is 0.447. The van der Waals surface area contributed by atoms with Gasteiger partial charge in [0.1, 0.15) is 0 Å². The van der Waals surface area contributed by atoms with Crippen molar-refractivity contribution in [1.29, 1.82) is 0 Å². The van der Waals surface area contributed by atoms with Crippen molar-refractivity contribution < 1.29 is 0 Å². The van der Waals surface area contributed by atoms with Gasteiger partial charge in [-0.2, -0.15) is 11.8 Å². The van der Waals surface area contributed by atoms with Gasteiger partial charge in [0.05, 0.1) is 0 Å². The number of hydrogen-bond donors (Lipinski definition) is 1. The molecule has 0 spiro atoms. The number of nitrogens with two attached hydrogens (primary N) is 1. The molecule has 88 valence electrons. The van der Waals surface area contributed by atoms with Gasteiger partial charge in [0, 0.05) is 29.9 Å². The smallest absolute Gasteiger partial charge is 0.0215 e. The average molecular weight is 228 g/mol. The van der Waals surface area contributed by atoms with Crippen LogP contribution in [0.5, 0.6) is 0 Å². The van der Waals surface area contributed by atoms with E-state index in [4.69, 9.17) is 5.73 Å². The third kappa shape index (κ3) is 2.69. The second kappa shape index (κ2) is 5.07. The Balaban J connectivity index is 1.96. The molecule has 0 bridgehead atoms. The zero-order chi connectivity index (χ0) is 10.8. The summed E-state index contributed by atoms with van der Waals surface area (Å²) in [6.45, 7) is 5.97. The van der Waals surface area contributed by atoms with Gasteiger partial charge in [-0.25, -0.2) is 0 Å². The molecule has 4 unspecified atom stereocenters. The van der Waals surface area contributed by atoms with Gasteiger partial charge >= 0.3 is 0 Å². The Morgan fingerprint density at radius 1 is 1.27 bits per heavy atom. The number of piperidine rings is 1. The summed E-state index contributed by atoms with van der Waals surface area (Å²) >= 11 is 2.15. The van der Waals surface area contributed by atoms with Crippen LogP contribution in [-0.2, 0) is 0 Å². The van der Waals surface area contributed by atoms with Gasteiger partial charge in [0.15, 0.2) is 0 Å².